The van der Waals surface area contributed by atoms with Crippen LogP contribution in [0.1, 0.15) is 45.1 Å². The van der Waals surface area contributed by atoms with Crippen molar-refractivity contribution in [1.82, 2.24) is 0 Å². The van der Waals surface area contributed by atoms with E-state index in [0.717, 1.165) is 17.6 Å². The molecule has 0 heterocycles. The lowest BCUT2D eigenvalue weighted by molar-refractivity contribution is 0.676. The van der Waals surface area contributed by atoms with Gasteiger partial charge in [-0.05, 0) is 36.6 Å². The summed E-state index contributed by atoms with van der Waals surface area (Å²) in [5.74, 6) is 0.573. The number of hydrogen-bond acceptors (Lipinski definition) is 1. The molecule has 1 nitrogen and oxygen atoms in total. The van der Waals surface area contributed by atoms with Gasteiger partial charge in [0.2, 0.25) is 0 Å². The Kier molecular flexibility index (Phi) is 7.76. The Balaban J connectivity index is 2.88. The Morgan fingerprint density at radius 1 is 1.11 bits per heavy atom. The lowest BCUT2D eigenvalue weighted by Gasteiger charge is -2.27. The van der Waals surface area contributed by atoms with E-state index < -0.39 is 0 Å². The van der Waals surface area contributed by atoms with Crippen molar-refractivity contribution in [3.05, 3.63) is 28.2 Å². The lowest BCUT2D eigenvalue weighted by Crippen LogP contribution is -2.26. The second-order valence-corrected chi connectivity index (χ2v) is 5.78. The summed E-state index contributed by atoms with van der Waals surface area (Å²) in [5, 5.41) is 0. The van der Waals surface area contributed by atoms with E-state index in [1.807, 2.05) is 0 Å². The topological polar surface area (TPSA) is 3.24 Å². The van der Waals surface area contributed by atoms with Crippen molar-refractivity contribution in [2.75, 3.05) is 18.0 Å². The van der Waals surface area contributed by atoms with Gasteiger partial charge in [-0.1, -0.05) is 42.6 Å². The van der Waals surface area contributed by atoms with E-state index in [-0.39, 0.29) is 0 Å². The fourth-order valence-corrected chi connectivity index (χ4v) is 2.64. The first-order valence-corrected chi connectivity index (χ1v) is 8.15. The van der Waals surface area contributed by atoms with E-state index >= 15 is 0 Å². The molecule has 0 saturated heterocycles. The number of benzene rings is 1. The van der Waals surface area contributed by atoms with E-state index in [9.17, 15) is 0 Å². The Hall–Kier alpha value is -0.210. The Morgan fingerprint density at radius 3 is 2.22 bits per heavy atom. The minimum absolute atomic E-state index is 0.573. The summed E-state index contributed by atoms with van der Waals surface area (Å²) in [6.45, 7) is 6.73. The van der Waals surface area contributed by atoms with E-state index in [4.69, 9.17) is 11.6 Å². The minimum Gasteiger partial charge on any atom is -0.371 e. The van der Waals surface area contributed by atoms with Crippen LogP contribution in [0.4, 0.5) is 5.69 Å². The molecule has 3 heteroatoms. The third-order valence-corrected chi connectivity index (χ3v) is 3.87. The second-order valence-electron chi connectivity index (χ2n) is 4.60. The summed E-state index contributed by atoms with van der Waals surface area (Å²) in [6.07, 6.45) is 4.94. The normalized spacial score (nSPS) is 10.7. The molecule has 1 rings (SSSR count). The average Bonchev–Trinajstić information content (AvgIpc) is 2.39. The monoisotopic (exact) mass is 331 g/mol. The van der Waals surface area contributed by atoms with Gasteiger partial charge in [0, 0.05) is 29.1 Å². The van der Waals surface area contributed by atoms with Gasteiger partial charge in [-0.3, -0.25) is 0 Å². The van der Waals surface area contributed by atoms with Crippen LogP contribution in [0.5, 0.6) is 0 Å². The number of halogens is 2. The molecule has 0 aromatic heterocycles. The lowest BCUT2D eigenvalue weighted by atomic mass is 10.1. The zero-order chi connectivity index (χ0) is 13.4. The number of anilines is 1. The molecule has 1 aromatic rings. The molecule has 0 fully saturated rings. The average molecular weight is 333 g/mol. The van der Waals surface area contributed by atoms with Gasteiger partial charge in [-0.25, -0.2) is 0 Å². The van der Waals surface area contributed by atoms with Crippen LogP contribution in [0.15, 0.2) is 22.7 Å². The highest BCUT2D eigenvalue weighted by molar-refractivity contribution is 9.10. The highest BCUT2D eigenvalue weighted by Gasteiger charge is 2.10. The summed E-state index contributed by atoms with van der Waals surface area (Å²) >= 11 is 9.58. The summed E-state index contributed by atoms with van der Waals surface area (Å²) in [6, 6.07) is 6.43. The molecule has 102 valence electrons. The van der Waals surface area contributed by atoms with Crippen molar-refractivity contribution in [2.24, 2.45) is 0 Å². The zero-order valence-electron chi connectivity index (χ0n) is 11.4. The number of nitrogens with zero attached hydrogens (tertiary/aromatic N) is 1. The first-order valence-electron chi connectivity index (χ1n) is 6.82. The van der Waals surface area contributed by atoms with E-state index in [0.29, 0.717) is 5.88 Å². The fourth-order valence-electron chi connectivity index (χ4n) is 2.02. The molecule has 0 spiro atoms. The third-order valence-electron chi connectivity index (χ3n) is 3.09. The molecule has 0 aliphatic rings. The number of unbranched alkanes of at least 4 members (excludes halogenated alkanes) is 2. The molecule has 0 aliphatic heterocycles. The van der Waals surface area contributed by atoms with Gasteiger partial charge < -0.3 is 4.90 Å². The van der Waals surface area contributed by atoms with Gasteiger partial charge in [0.1, 0.15) is 0 Å². The second kappa shape index (κ2) is 8.82. The predicted molar refractivity (Wildman–Crippen MR) is 85.7 cm³/mol. The van der Waals surface area contributed by atoms with Crippen molar-refractivity contribution in [1.29, 1.82) is 0 Å². The fraction of sp³-hybridized carbons (Fsp3) is 0.600. The van der Waals surface area contributed by atoms with Gasteiger partial charge in [0.05, 0.1) is 0 Å². The molecule has 0 unspecified atom stereocenters. The van der Waals surface area contributed by atoms with Crippen molar-refractivity contribution in [2.45, 2.75) is 45.4 Å². The van der Waals surface area contributed by atoms with Crippen LogP contribution in [0.3, 0.4) is 0 Å². The first-order chi connectivity index (χ1) is 8.72. The van der Waals surface area contributed by atoms with Gasteiger partial charge >= 0.3 is 0 Å². The Morgan fingerprint density at radius 2 is 1.72 bits per heavy atom. The largest absolute Gasteiger partial charge is 0.371 e. The van der Waals surface area contributed by atoms with Crippen LogP contribution in [-0.2, 0) is 5.88 Å². The number of rotatable bonds is 8. The molecule has 1 aromatic carbocycles. The quantitative estimate of drug-likeness (QED) is 0.560. The molecule has 0 amide bonds. The maximum absolute atomic E-state index is 6.07. The molecule has 0 N–H and O–H groups in total. The van der Waals surface area contributed by atoms with Crippen LogP contribution in [0, 0.1) is 0 Å². The van der Waals surface area contributed by atoms with Crippen LogP contribution in [-0.4, -0.2) is 13.1 Å². The van der Waals surface area contributed by atoms with Gasteiger partial charge in [0.15, 0.2) is 0 Å². The van der Waals surface area contributed by atoms with Gasteiger partial charge in [-0.15, -0.1) is 11.6 Å². The highest BCUT2D eigenvalue weighted by atomic mass is 79.9. The summed E-state index contributed by atoms with van der Waals surface area (Å²) < 4.78 is 1.10. The van der Waals surface area contributed by atoms with Crippen LogP contribution in [0.2, 0.25) is 0 Å². The third kappa shape index (κ3) is 4.81. The van der Waals surface area contributed by atoms with Crippen LogP contribution in [0.25, 0.3) is 0 Å². The number of hydrogen-bond donors (Lipinski definition) is 0. The van der Waals surface area contributed by atoms with Crippen LogP contribution >= 0.6 is 27.5 Å². The number of alkyl halides is 1. The highest BCUT2D eigenvalue weighted by Crippen LogP contribution is 2.26. The van der Waals surface area contributed by atoms with E-state index in [2.05, 4.69) is 52.9 Å². The molecular formula is C15H23BrClN. The Bertz CT molecular complexity index is 346. The standard InChI is InChI=1S/C15H23BrClN/c1-3-5-9-18(10-6-4-2)15-8-7-14(16)11-13(15)12-17/h7-8,11H,3-6,9-10,12H2,1-2H3. The van der Waals surface area contributed by atoms with Crippen molar-refractivity contribution in [3.8, 4) is 0 Å². The SMILES string of the molecule is CCCCN(CCCC)c1ccc(Br)cc1CCl. The molecule has 0 radical (unpaired) electrons. The first kappa shape index (κ1) is 15.8. The van der Waals surface area contributed by atoms with Crippen molar-refractivity contribution in [3.63, 3.8) is 0 Å². The zero-order valence-corrected chi connectivity index (χ0v) is 13.7. The molecule has 0 bridgehead atoms. The molecule has 18 heavy (non-hydrogen) atoms. The molecule has 0 saturated carbocycles. The predicted octanol–water partition coefficient (Wildman–Crippen LogP) is 5.59. The van der Waals surface area contributed by atoms with Crippen LogP contribution < -0.4 is 4.90 Å². The van der Waals surface area contributed by atoms with E-state index in [1.54, 1.807) is 0 Å². The Labute approximate surface area is 125 Å². The maximum atomic E-state index is 6.07. The molecule has 0 atom stereocenters. The van der Waals surface area contributed by atoms with Crippen molar-refractivity contribution >= 4 is 33.2 Å². The summed E-state index contributed by atoms with van der Waals surface area (Å²) in [4.78, 5) is 2.48. The van der Waals surface area contributed by atoms with Gasteiger partial charge in [0.25, 0.3) is 0 Å². The van der Waals surface area contributed by atoms with Gasteiger partial charge in [-0.2, -0.15) is 0 Å². The molecular weight excluding hydrogens is 310 g/mol. The summed E-state index contributed by atoms with van der Waals surface area (Å²) in [7, 11) is 0. The minimum atomic E-state index is 0.573. The smallest absolute Gasteiger partial charge is 0.0494 e. The van der Waals surface area contributed by atoms with Crippen molar-refractivity contribution < 1.29 is 0 Å². The van der Waals surface area contributed by atoms with E-state index in [1.165, 1.54) is 36.9 Å². The molecule has 0 aliphatic carbocycles. The maximum Gasteiger partial charge on any atom is 0.0494 e. The summed E-state index contributed by atoms with van der Waals surface area (Å²) in [5.41, 5.74) is 2.52.